The quantitative estimate of drug-likeness (QED) is 0.603. The number of likely N-dealkylation sites (N-methyl/N-ethyl adjacent to an activating group) is 1. The van der Waals surface area contributed by atoms with Gasteiger partial charge < -0.3 is 20.1 Å². The maximum atomic E-state index is 12.8. The molecule has 1 saturated carbocycles. The Morgan fingerprint density at radius 3 is 2.24 bits per heavy atom. The Hall–Kier alpha value is -3.35. The fourth-order valence-electron chi connectivity index (χ4n) is 5.33. The van der Waals surface area contributed by atoms with E-state index in [0.717, 1.165) is 36.8 Å². The average Bonchev–Trinajstić information content (AvgIpc) is 3.16. The van der Waals surface area contributed by atoms with Gasteiger partial charge in [0, 0.05) is 24.9 Å². The zero-order valence-corrected chi connectivity index (χ0v) is 19.5. The highest BCUT2D eigenvalue weighted by atomic mass is 16.5. The Bertz CT molecular complexity index is 1010. The van der Waals surface area contributed by atoms with Crippen LogP contribution in [0.1, 0.15) is 56.1 Å². The summed E-state index contributed by atoms with van der Waals surface area (Å²) in [6.45, 7) is 2.07. The number of carboxylic acid groups (broad SMARTS) is 1. The highest BCUT2D eigenvalue weighted by Crippen LogP contribution is 2.44. The molecule has 0 saturated heterocycles. The number of ether oxygens (including phenoxy) is 1. The van der Waals surface area contributed by atoms with Gasteiger partial charge in [0.25, 0.3) is 0 Å². The molecule has 0 heterocycles. The van der Waals surface area contributed by atoms with Crippen LogP contribution in [0.4, 0.5) is 4.79 Å². The Morgan fingerprint density at radius 1 is 1.00 bits per heavy atom. The Morgan fingerprint density at radius 2 is 1.62 bits per heavy atom. The maximum Gasteiger partial charge on any atom is 0.407 e. The number of hydrogen-bond acceptors (Lipinski definition) is 4. The van der Waals surface area contributed by atoms with Crippen LogP contribution in [-0.4, -0.2) is 53.7 Å². The minimum absolute atomic E-state index is 0.00369. The fraction of sp³-hybridized carbons (Fsp3) is 0.444. The first-order valence-corrected chi connectivity index (χ1v) is 12.1. The van der Waals surface area contributed by atoms with E-state index < -0.39 is 12.1 Å². The molecule has 34 heavy (non-hydrogen) atoms. The largest absolute Gasteiger partial charge is 0.480 e. The van der Waals surface area contributed by atoms with Crippen LogP contribution in [0.3, 0.4) is 0 Å². The van der Waals surface area contributed by atoms with Gasteiger partial charge in [-0.25, -0.2) is 4.79 Å². The van der Waals surface area contributed by atoms with E-state index >= 15 is 0 Å². The smallest absolute Gasteiger partial charge is 0.407 e. The summed E-state index contributed by atoms with van der Waals surface area (Å²) in [5.74, 6) is -1.23. The molecule has 0 aromatic heterocycles. The lowest BCUT2D eigenvalue weighted by Crippen LogP contribution is -2.45. The van der Waals surface area contributed by atoms with E-state index in [4.69, 9.17) is 9.84 Å². The van der Waals surface area contributed by atoms with Crippen molar-refractivity contribution in [2.75, 3.05) is 19.7 Å². The van der Waals surface area contributed by atoms with Gasteiger partial charge in [-0.3, -0.25) is 9.59 Å². The number of benzene rings is 2. The molecular formula is C27H32N2O5. The van der Waals surface area contributed by atoms with Crippen molar-refractivity contribution in [3.05, 3.63) is 59.7 Å². The van der Waals surface area contributed by atoms with Crippen molar-refractivity contribution < 1.29 is 24.2 Å². The molecule has 0 bridgehead atoms. The predicted molar refractivity (Wildman–Crippen MR) is 128 cm³/mol. The van der Waals surface area contributed by atoms with Gasteiger partial charge in [0.05, 0.1) is 0 Å². The zero-order chi connectivity index (χ0) is 24.1. The number of carboxylic acids is 1. The van der Waals surface area contributed by atoms with Crippen molar-refractivity contribution in [3.63, 3.8) is 0 Å². The SMILES string of the molecule is CCN(CC(=O)O)C(=O)CC1CCCCC1NC(=O)OCC1c2ccccc2-c2ccccc21. The average molecular weight is 465 g/mol. The van der Waals surface area contributed by atoms with Crippen molar-refractivity contribution in [1.82, 2.24) is 10.2 Å². The molecule has 7 nitrogen and oxygen atoms in total. The topological polar surface area (TPSA) is 95.9 Å². The molecule has 0 radical (unpaired) electrons. The molecule has 2 aromatic rings. The molecule has 2 aliphatic carbocycles. The molecule has 2 N–H and O–H groups in total. The minimum Gasteiger partial charge on any atom is -0.480 e. The standard InChI is InChI=1S/C27H32N2O5/c1-2-29(16-26(31)32)25(30)15-18-9-3-8-14-24(18)28-27(33)34-17-23-21-12-6-4-10-19(21)20-11-5-7-13-22(20)23/h4-7,10-13,18,23-24H,2-3,8-9,14-17H2,1H3,(H,28,33)(H,31,32). The van der Waals surface area contributed by atoms with Crippen LogP contribution in [0.25, 0.3) is 11.1 Å². The third-order valence-electron chi connectivity index (χ3n) is 7.05. The van der Waals surface area contributed by atoms with Gasteiger partial charge in [-0.2, -0.15) is 0 Å². The molecule has 2 aliphatic rings. The third kappa shape index (κ3) is 5.24. The lowest BCUT2D eigenvalue weighted by Gasteiger charge is -2.33. The summed E-state index contributed by atoms with van der Waals surface area (Å²) >= 11 is 0. The Kier molecular flexibility index (Phi) is 7.50. The minimum atomic E-state index is -1.02. The van der Waals surface area contributed by atoms with E-state index in [9.17, 15) is 14.4 Å². The molecule has 2 aromatic carbocycles. The van der Waals surface area contributed by atoms with Crippen LogP contribution in [-0.2, 0) is 14.3 Å². The van der Waals surface area contributed by atoms with Crippen molar-refractivity contribution >= 4 is 18.0 Å². The number of fused-ring (bicyclic) bond motifs is 3. The summed E-state index contributed by atoms with van der Waals surface area (Å²) in [6.07, 6.45) is 3.34. The molecule has 2 amide bonds. The zero-order valence-electron chi connectivity index (χ0n) is 19.5. The van der Waals surface area contributed by atoms with Gasteiger partial charge in [0.2, 0.25) is 5.91 Å². The molecule has 0 spiro atoms. The first-order chi connectivity index (χ1) is 16.5. The van der Waals surface area contributed by atoms with Gasteiger partial charge in [-0.05, 0) is 47.9 Å². The summed E-state index contributed by atoms with van der Waals surface area (Å²) < 4.78 is 5.69. The van der Waals surface area contributed by atoms with E-state index in [1.807, 2.05) is 24.3 Å². The van der Waals surface area contributed by atoms with E-state index in [2.05, 4.69) is 29.6 Å². The number of nitrogens with one attached hydrogen (secondary N) is 1. The van der Waals surface area contributed by atoms with Crippen LogP contribution < -0.4 is 5.32 Å². The van der Waals surface area contributed by atoms with Crippen molar-refractivity contribution in [2.45, 2.75) is 51.0 Å². The summed E-state index contributed by atoms with van der Waals surface area (Å²) in [5.41, 5.74) is 4.69. The summed E-state index contributed by atoms with van der Waals surface area (Å²) in [5, 5.41) is 12.0. The summed E-state index contributed by atoms with van der Waals surface area (Å²) in [4.78, 5) is 37.8. The molecule has 1 fully saturated rings. The lowest BCUT2D eigenvalue weighted by molar-refractivity contribution is -0.144. The maximum absolute atomic E-state index is 12.8. The molecule has 7 heteroatoms. The van der Waals surface area contributed by atoms with Crippen LogP contribution in [0.15, 0.2) is 48.5 Å². The van der Waals surface area contributed by atoms with E-state index in [1.165, 1.54) is 16.0 Å². The summed E-state index contributed by atoms with van der Waals surface area (Å²) in [6, 6.07) is 16.3. The number of alkyl carbamates (subject to hydrolysis) is 1. The number of aliphatic carboxylic acids is 1. The number of hydrogen-bond donors (Lipinski definition) is 2. The number of rotatable bonds is 8. The molecule has 0 aliphatic heterocycles. The van der Waals surface area contributed by atoms with Gasteiger partial charge >= 0.3 is 12.1 Å². The van der Waals surface area contributed by atoms with Crippen LogP contribution in [0, 0.1) is 5.92 Å². The van der Waals surface area contributed by atoms with Gasteiger partial charge in [-0.15, -0.1) is 0 Å². The van der Waals surface area contributed by atoms with Crippen LogP contribution in [0.2, 0.25) is 0 Å². The second-order valence-corrected chi connectivity index (χ2v) is 9.13. The Labute approximate surface area is 200 Å². The molecule has 2 unspecified atom stereocenters. The highest BCUT2D eigenvalue weighted by molar-refractivity contribution is 5.82. The number of nitrogens with zero attached hydrogens (tertiary/aromatic N) is 1. The summed E-state index contributed by atoms with van der Waals surface area (Å²) in [7, 11) is 0. The molecule has 4 rings (SSSR count). The van der Waals surface area contributed by atoms with Crippen molar-refractivity contribution in [1.29, 1.82) is 0 Å². The second-order valence-electron chi connectivity index (χ2n) is 9.13. The van der Waals surface area contributed by atoms with Gasteiger partial charge in [0.15, 0.2) is 0 Å². The molecule has 180 valence electrons. The van der Waals surface area contributed by atoms with Gasteiger partial charge in [-0.1, -0.05) is 61.4 Å². The third-order valence-corrected chi connectivity index (χ3v) is 7.05. The lowest BCUT2D eigenvalue weighted by atomic mass is 9.82. The van der Waals surface area contributed by atoms with E-state index in [1.54, 1.807) is 6.92 Å². The van der Waals surface area contributed by atoms with E-state index in [0.29, 0.717) is 6.54 Å². The number of amides is 2. The van der Waals surface area contributed by atoms with Crippen molar-refractivity contribution in [2.24, 2.45) is 5.92 Å². The monoisotopic (exact) mass is 464 g/mol. The molecule has 2 atom stereocenters. The predicted octanol–water partition coefficient (Wildman–Crippen LogP) is 4.41. The first-order valence-electron chi connectivity index (χ1n) is 12.1. The normalized spacial score (nSPS) is 19.1. The van der Waals surface area contributed by atoms with Crippen LogP contribution >= 0.6 is 0 Å². The van der Waals surface area contributed by atoms with Crippen molar-refractivity contribution in [3.8, 4) is 11.1 Å². The Balaban J connectivity index is 1.36. The second kappa shape index (κ2) is 10.7. The number of carbonyl (C=O) groups is 3. The first kappa shape index (κ1) is 23.8. The highest BCUT2D eigenvalue weighted by Gasteiger charge is 2.32. The van der Waals surface area contributed by atoms with Gasteiger partial charge in [0.1, 0.15) is 13.2 Å². The van der Waals surface area contributed by atoms with Crippen LogP contribution in [0.5, 0.6) is 0 Å². The molecular weight excluding hydrogens is 432 g/mol. The number of carbonyl (C=O) groups excluding carboxylic acids is 2. The fourth-order valence-corrected chi connectivity index (χ4v) is 5.33. The van der Waals surface area contributed by atoms with E-state index in [-0.39, 0.29) is 43.4 Å².